The fourth-order valence-corrected chi connectivity index (χ4v) is 4.14. The average Bonchev–Trinajstić information content (AvgIpc) is 3.34. The van der Waals surface area contributed by atoms with Crippen molar-refractivity contribution < 1.29 is 14.3 Å². The highest BCUT2D eigenvalue weighted by Crippen LogP contribution is 2.32. The zero-order valence-electron chi connectivity index (χ0n) is 20.4. The molecule has 1 fully saturated rings. The number of anilines is 4. The molecule has 1 aliphatic heterocycles. The summed E-state index contributed by atoms with van der Waals surface area (Å²) in [6, 6.07) is 5.72. The third-order valence-electron chi connectivity index (χ3n) is 5.95. The molecule has 2 aromatic heterocycles. The first-order valence-electron chi connectivity index (χ1n) is 11.8. The van der Waals surface area contributed by atoms with Crippen molar-refractivity contribution in [1.82, 2.24) is 24.6 Å². The number of rotatable bonds is 9. The molecule has 2 amide bonds. The molecule has 188 valence electrons. The Labute approximate surface area is 209 Å². The number of aromatic nitrogens is 4. The SMILES string of the molecule is C=CC(=O)N1CCC[C@H](n2cc(Nc3ncc(C(N)=O)c(Nc4c(C)cccc4OCC)n3)cn2)C1. The number of nitrogens with two attached hydrogens (primary N) is 1. The maximum absolute atomic E-state index is 12.1. The second-order valence-corrected chi connectivity index (χ2v) is 8.44. The number of primary amides is 1. The molecule has 11 nitrogen and oxygen atoms in total. The van der Waals surface area contributed by atoms with Crippen molar-refractivity contribution in [1.29, 1.82) is 0 Å². The van der Waals surface area contributed by atoms with Crippen LogP contribution in [0.1, 0.15) is 41.7 Å². The van der Waals surface area contributed by atoms with Gasteiger partial charge in [-0.3, -0.25) is 14.3 Å². The van der Waals surface area contributed by atoms with E-state index in [0.717, 1.165) is 24.9 Å². The summed E-state index contributed by atoms with van der Waals surface area (Å²) in [5.41, 5.74) is 8.01. The first-order chi connectivity index (χ1) is 17.4. The molecule has 11 heteroatoms. The van der Waals surface area contributed by atoms with Crippen LogP contribution >= 0.6 is 0 Å². The van der Waals surface area contributed by atoms with Crippen LogP contribution < -0.4 is 21.1 Å². The van der Waals surface area contributed by atoms with Crippen molar-refractivity contribution in [3.8, 4) is 5.75 Å². The second kappa shape index (κ2) is 10.9. The first kappa shape index (κ1) is 24.7. The van der Waals surface area contributed by atoms with Gasteiger partial charge in [0.25, 0.3) is 5.91 Å². The van der Waals surface area contributed by atoms with Crippen LogP contribution in [0.15, 0.2) is 49.4 Å². The predicted molar refractivity (Wildman–Crippen MR) is 137 cm³/mol. The molecule has 0 unspecified atom stereocenters. The normalized spacial score (nSPS) is 15.3. The Hall–Kier alpha value is -4.41. The van der Waals surface area contributed by atoms with Gasteiger partial charge in [0, 0.05) is 25.5 Å². The number of nitrogens with zero attached hydrogens (tertiary/aromatic N) is 5. The monoisotopic (exact) mass is 490 g/mol. The van der Waals surface area contributed by atoms with E-state index in [1.807, 2.05) is 42.9 Å². The van der Waals surface area contributed by atoms with Gasteiger partial charge < -0.3 is 26.0 Å². The van der Waals surface area contributed by atoms with Crippen molar-refractivity contribution in [2.45, 2.75) is 32.7 Å². The Bertz CT molecular complexity index is 1270. The Morgan fingerprint density at radius 2 is 2.14 bits per heavy atom. The largest absolute Gasteiger partial charge is 0.492 e. The number of carbonyl (C=O) groups is 2. The molecule has 4 rings (SSSR count). The fourth-order valence-electron chi connectivity index (χ4n) is 4.14. The summed E-state index contributed by atoms with van der Waals surface area (Å²) in [5.74, 6) is 0.432. The van der Waals surface area contributed by atoms with Gasteiger partial charge in [-0.05, 0) is 44.4 Å². The molecule has 0 radical (unpaired) electrons. The van der Waals surface area contributed by atoms with Gasteiger partial charge in [0.15, 0.2) is 0 Å². The number of piperidine rings is 1. The molecule has 1 atom stereocenters. The van der Waals surface area contributed by atoms with Crippen LogP contribution in [-0.4, -0.2) is 56.2 Å². The number of amides is 2. The van der Waals surface area contributed by atoms with Gasteiger partial charge in [0.05, 0.1) is 30.2 Å². The molecule has 0 bridgehead atoms. The molecule has 1 saturated heterocycles. The lowest BCUT2D eigenvalue weighted by molar-refractivity contribution is -0.127. The predicted octanol–water partition coefficient (Wildman–Crippen LogP) is 3.32. The number of likely N-dealkylation sites (tertiary alicyclic amines) is 1. The molecule has 4 N–H and O–H groups in total. The second-order valence-electron chi connectivity index (χ2n) is 8.44. The maximum atomic E-state index is 12.1. The molecular weight excluding hydrogens is 460 g/mol. The van der Waals surface area contributed by atoms with Crippen LogP contribution in [0.5, 0.6) is 5.75 Å². The Balaban J connectivity index is 1.55. The van der Waals surface area contributed by atoms with Gasteiger partial charge >= 0.3 is 0 Å². The van der Waals surface area contributed by atoms with Crippen LogP contribution in [-0.2, 0) is 4.79 Å². The fraction of sp³-hybridized carbons (Fsp3) is 0.320. The minimum atomic E-state index is -0.653. The summed E-state index contributed by atoms with van der Waals surface area (Å²) in [6.07, 6.45) is 8.04. The van der Waals surface area contributed by atoms with Crippen LogP contribution in [0, 0.1) is 6.92 Å². The minimum absolute atomic E-state index is 0.0617. The third-order valence-corrected chi connectivity index (χ3v) is 5.95. The minimum Gasteiger partial charge on any atom is -0.492 e. The smallest absolute Gasteiger partial charge is 0.254 e. The molecule has 0 aliphatic carbocycles. The third kappa shape index (κ3) is 5.45. The van der Waals surface area contributed by atoms with Gasteiger partial charge in [-0.15, -0.1) is 0 Å². The number of para-hydroxylation sites is 1. The van der Waals surface area contributed by atoms with Gasteiger partial charge in [0.2, 0.25) is 11.9 Å². The molecule has 3 heterocycles. The summed E-state index contributed by atoms with van der Waals surface area (Å²) < 4.78 is 7.56. The quantitative estimate of drug-likeness (QED) is 0.388. The molecule has 0 spiro atoms. The van der Waals surface area contributed by atoms with E-state index >= 15 is 0 Å². The summed E-state index contributed by atoms with van der Waals surface area (Å²) in [7, 11) is 0. The zero-order valence-corrected chi connectivity index (χ0v) is 20.4. The van der Waals surface area contributed by atoms with Crippen molar-refractivity contribution in [3.05, 3.63) is 60.6 Å². The molecule has 1 aliphatic rings. The number of hydrogen-bond acceptors (Lipinski definition) is 8. The average molecular weight is 491 g/mol. The highest BCUT2D eigenvalue weighted by atomic mass is 16.5. The van der Waals surface area contributed by atoms with Crippen LogP contribution in [0.4, 0.5) is 23.1 Å². The van der Waals surface area contributed by atoms with E-state index in [2.05, 4.69) is 32.3 Å². The topological polar surface area (TPSA) is 140 Å². The Morgan fingerprint density at radius 3 is 2.89 bits per heavy atom. The van der Waals surface area contributed by atoms with Crippen LogP contribution in [0.3, 0.4) is 0 Å². The zero-order chi connectivity index (χ0) is 25.7. The molecule has 0 saturated carbocycles. The summed E-state index contributed by atoms with van der Waals surface area (Å²) in [4.78, 5) is 34.6. The standard InChI is InChI=1S/C25H30N8O3/c1-4-21(34)32-11-7-9-18(15-32)33-14-17(12-28-33)29-25-27-13-19(23(26)35)24(31-25)30-22-16(3)8-6-10-20(22)36-5-2/h4,6,8,10,12-14,18H,1,5,7,9,11,15H2,2-3H3,(H2,26,35)(H2,27,29,30,31)/t18-/m0/s1. The van der Waals surface area contributed by atoms with E-state index in [4.69, 9.17) is 10.5 Å². The van der Waals surface area contributed by atoms with Crippen LogP contribution in [0.2, 0.25) is 0 Å². The Morgan fingerprint density at radius 1 is 1.31 bits per heavy atom. The van der Waals surface area contributed by atoms with Gasteiger partial charge in [-0.1, -0.05) is 18.7 Å². The maximum Gasteiger partial charge on any atom is 0.254 e. The molecule has 36 heavy (non-hydrogen) atoms. The van der Waals surface area contributed by atoms with Crippen molar-refractivity contribution >= 4 is 35.0 Å². The van der Waals surface area contributed by atoms with E-state index in [1.165, 1.54) is 12.3 Å². The molecular formula is C25H30N8O3. The number of nitrogens with one attached hydrogen (secondary N) is 2. The summed E-state index contributed by atoms with van der Waals surface area (Å²) in [5, 5.41) is 10.8. The van der Waals surface area contributed by atoms with Crippen molar-refractivity contribution in [2.75, 3.05) is 30.3 Å². The van der Waals surface area contributed by atoms with Gasteiger partial charge in [0.1, 0.15) is 17.1 Å². The highest BCUT2D eigenvalue weighted by Gasteiger charge is 2.24. The highest BCUT2D eigenvalue weighted by molar-refractivity contribution is 5.98. The van der Waals surface area contributed by atoms with Crippen LogP contribution in [0.25, 0.3) is 0 Å². The first-order valence-corrected chi connectivity index (χ1v) is 11.8. The lowest BCUT2D eigenvalue weighted by Crippen LogP contribution is -2.39. The van der Waals surface area contributed by atoms with E-state index in [-0.39, 0.29) is 29.3 Å². The number of hydrogen-bond donors (Lipinski definition) is 3. The van der Waals surface area contributed by atoms with E-state index in [1.54, 1.807) is 11.1 Å². The summed E-state index contributed by atoms with van der Waals surface area (Å²) >= 11 is 0. The van der Waals surface area contributed by atoms with Crippen molar-refractivity contribution in [3.63, 3.8) is 0 Å². The van der Waals surface area contributed by atoms with Crippen molar-refractivity contribution in [2.24, 2.45) is 5.73 Å². The van der Waals surface area contributed by atoms with E-state index in [9.17, 15) is 9.59 Å². The molecule has 1 aromatic carbocycles. The van der Waals surface area contributed by atoms with Gasteiger partial charge in [-0.25, -0.2) is 4.98 Å². The number of benzene rings is 1. The van der Waals surface area contributed by atoms with Gasteiger partial charge in [-0.2, -0.15) is 10.1 Å². The lowest BCUT2D eigenvalue weighted by atomic mass is 10.1. The van der Waals surface area contributed by atoms with E-state index in [0.29, 0.717) is 30.3 Å². The molecule has 3 aromatic rings. The number of carbonyl (C=O) groups excluding carboxylic acids is 2. The number of aryl methyl sites for hydroxylation is 1. The lowest BCUT2D eigenvalue weighted by Gasteiger charge is -2.32. The summed E-state index contributed by atoms with van der Waals surface area (Å²) in [6.45, 7) is 9.18. The number of ether oxygens (including phenoxy) is 1. The Kier molecular flexibility index (Phi) is 7.47. The van der Waals surface area contributed by atoms with E-state index < -0.39 is 5.91 Å².